The second kappa shape index (κ2) is 10.1. The summed E-state index contributed by atoms with van der Waals surface area (Å²) in [5.74, 6) is 1.37. The molecule has 33 heavy (non-hydrogen) atoms. The third-order valence-corrected chi connectivity index (χ3v) is 6.50. The quantitative estimate of drug-likeness (QED) is 0.262. The molecule has 1 amide bonds. The number of rotatable bonds is 8. The molecular formula is C27H25BrN2O3. The lowest BCUT2D eigenvalue weighted by molar-refractivity contribution is 0.0784. The van der Waals surface area contributed by atoms with Crippen LogP contribution in [-0.4, -0.2) is 24.5 Å². The Kier molecular flexibility index (Phi) is 7.00. The van der Waals surface area contributed by atoms with Crippen molar-refractivity contribution >= 4 is 43.6 Å². The van der Waals surface area contributed by atoms with E-state index in [9.17, 15) is 4.79 Å². The number of unbranched alkanes of at least 4 members (excludes halogenated alkanes) is 1. The van der Waals surface area contributed by atoms with Crippen LogP contribution in [0.5, 0.6) is 5.75 Å². The highest BCUT2D eigenvalue weighted by Crippen LogP contribution is 2.34. The van der Waals surface area contributed by atoms with Crippen molar-refractivity contribution < 1.29 is 13.9 Å². The van der Waals surface area contributed by atoms with E-state index in [1.54, 1.807) is 4.90 Å². The van der Waals surface area contributed by atoms with E-state index in [4.69, 9.17) is 14.4 Å². The maximum absolute atomic E-state index is 13.5. The van der Waals surface area contributed by atoms with Crippen molar-refractivity contribution in [3.8, 4) is 11.8 Å². The predicted molar refractivity (Wildman–Crippen MR) is 133 cm³/mol. The molecule has 0 saturated heterocycles. The summed E-state index contributed by atoms with van der Waals surface area (Å²) in [6.45, 7) is 2.61. The number of hydrogen-bond donors (Lipinski definition) is 0. The standard InChI is InChI=1S/C27H25BrN2O3/c1-3-4-8-23-25(21-7-5-6-9-22(21)33-23)27(31)30(2)17-18-10-12-20-19(16-18)11-13-24(26(20)28)32-15-14-29/h5-7,9-13,16H,3-4,8,15,17H2,1-2H3. The van der Waals surface area contributed by atoms with Crippen LogP contribution in [-0.2, 0) is 13.0 Å². The van der Waals surface area contributed by atoms with Crippen molar-refractivity contribution in [1.29, 1.82) is 5.26 Å². The van der Waals surface area contributed by atoms with Crippen LogP contribution < -0.4 is 4.74 Å². The normalized spacial score (nSPS) is 11.0. The van der Waals surface area contributed by atoms with Gasteiger partial charge in [-0.25, -0.2) is 0 Å². The summed E-state index contributed by atoms with van der Waals surface area (Å²) in [4.78, 5) is 15.2. The molecule has 0 bridgehead atoms. The highest BCUT2D eigenvalue weighted by atomic mass is 79.9. The molecule has 0 spiro atoms. The molecule has 1 heterocycles. The number of carbonyl (C=O) groups is 1. The molecule has 0 unspecified atom stereocenters. The fourth-order valence-electron chi connectivity index (χ4n) is 4.02. The minimum absolute atomic E-state index is 0.00195. The van der Waals surface area contributed by atoms with Gasteiger partial charge in [-0.05, 0) is 56.9 Å². The number of carbonyl (C=O) groups excluding carboxylic acids is 1. The molecule has 0 radical (unpaired) electrons. The maximum atomic E-state index is 13.5. The summed E-state index contributed by atoms with van der Waals surface area (Å²) in [5, 5.41) is 11.6. The van der Waals surface area contributed by atoms with Gasteiger partial charge in [-0.3, -0.25) is 4.79 Å². The number of furan rings is 1. The van der Waals surface area contributed by atoms with Crippen molar-refractivity contribution in [2.24, 2.45) is 0 Å². The lowest BCUT2D eigenvalue weighted by Gasteiger charge is -2.18. The van der Waals surface area contributed by atoms with Crippen LogP contribution in [0.25, 0.3) is 21.7 Å². The molecule has 6 heteroatoms. The maximum Gasteiger partial charge on any atom is 0.258 e. The molecule has 4 aromatic rings. The Hall–Kier alpha value is -3.30. The van der Waals surface area contributed by atoms with Crippen LogP contribution in [0.15, 0.2) is 63.5 Å². The highest BCUT2D eigenvalue weighted by molar-refractivity contribution is 9.10. The van der Waals surface area contributed by atoms with Gasteiger partial charge < -0.3 is 14.1 Å². The Morgan fingerprint density at radius 1 is 1.15 bits per heavy atom. The van der Waals surface area contributed by atoms with Crippen LogP contribution in [0.3, 0.4) is 0 Å². The Morgan fingerprint density at radius 3 is 2.76 bits per heavy atom. The summed E-state index contributed by atoms with van der Waals surface area (Å²) < 4.78 is 12.3. The summed E-state index contributed by atoms with van der Waals surface area (Å²) in [5.41, 5.74) is 2.45. The van der Waals surface area contributed by atoms with Crippen LogP contribution in [0.2, 0.25) is 0 Å². The summed E-state index contributed by atoms with van der Waals surface area (Å²) in [7, 11) is 1.83. The van der Waals surface area contributed by atoms with E-state index in [0.717, 1.165) is 56.8 Å². The van der Waals surface area contributed by atoms with Crippen LogP contribution >= 0.6 is 15.9 Å². The predicted octanol–water partition coefficient (Wildman–Crippen LogP) is 6.87. The molecule has 0 aliphatic rings. The average molecular weight is 505 g/mol. The van der Waals surface area contributed by atoms with E-state index in [-0.39, 0.29) is 12.5 Å². The number of halogens is 1. The molecule has 0 saturated carbocycles. The van der Waals surface area contributed by atoms with Crippen LogP contribution in [0, 0.1) is 11.3 Å². The highest BCUT2D eigenvalue weighted by Gasteiger charge is 2.23. The fraction of sp³-hybridized carbons (Fsp3) is 0.259. The number of aryl methyl sites for hydroxylation is 1. The minimum atomic E-state index is -0.0346. The first-order chi connectivity index (χ1) is 16.0. The second-order valence-corrected chi connectivity index (χ2v) is 8.83. The first-order valence-corrected chi connectivity index (χ1v) is 11.8. The molecule has 0 aliphatic carbocycles. The number of hydrogen-bond acceptors (Lipinski definition) is 4. The van der Waals surface area contributed by atoms with Crippen molar-refractivity contribution in [2.45, 2.75) is 32.7 Å². The molecule has 5 nitrogen and oxygen atoms in total. The van der Waals surface area contributed by atoms with E-state index in [2.05, 4.69) is 28.9 Å². The molecule has 0 atom stereocenters. The molecular weight excluding hydrogens is 480 g/mol. The van der Waals surface area contributed by atoms with Gasteiger partial charge in [-0.15, -0.1) is 0 Å². The smallest absolute Gasteiger partial charge is 0.258 e. The van der Waals surface area contributed by atoms with E-state index in [1.807, 2.05) is 61.6 Å². The van der Waals surface area contributed by atoms with Crippen molar-refractivity contribution in [2.75, 3.05) is 13.7 Å². The van der Waals surface area contributed by atoms with Gasteiger partial charge in [0, 0.05) is 25.4 Å². The number of para-hydroxylation sites is 1. The Bertz CT molecular complexity index is 1350. The van der Waals surface area contributed by atoms with Gasteiger partial charge in [0.1, 0.15) is 23.2 Å². The molecule has 1 aromatic heterocycles. The molecule has 0 aliphatic heterocycles. The van der Waals surface area contributed by atoms with Crippen molar-refractivity contribution in [1.82, 2.24) is 4.90 Å². The number of amides is 1. The first kappa shape index (κ1) is 22.9. The van der Waals surface area contributed by atoms with Gasteiger partial charge >= 0.3 is 0 Å². The van der Waals surface area contributed by atoms with Gasteiger partial charge in [-0.1, -0.05) is 49.7 Å². The van der Waals surface area contributed by atoms with Gasteiger partial charge in [-0.2, -0.15) is 5.26 Å². The minimum Gasteiger partial charge on any atom is -0.478 e. The SMILES string of the molecule is CCCCc1oc2ccccc2c1C(=O)N(C)Cc1ccc2c(Br)c(OCC#N)ccc2c1. The zero-order valence-corrected chi connectivity index (χ0v) is 20.3. The zero-order valence-electron chi connectivity index (χ0n) is 18.7. The third kappa shape index (κ3) is 4.74. The summed E-state index contributed by atoms with van der Waals surface area (Å²) in [6.07, 6.45) is 2.76. The number of benzene rings is 3. The zero-order chi connectivity index (χ0) is 23.4. The van der Waals surface area contributed by atoms with Gasteiger partial charge in [0.25, 0.3) is 5.91 Å². The Morgan fingerprint density at radius 2 is 1.97 bits per heavy atom. The third-order valence-electron chi connectivity index (χ3n) is 5.68. The van der Waals surface area contributed by atoms with E-state index in [1.165, 1.54) is 0 Å². The monoisotopic (exact) mass is 504 g/mol. The van der Waals surface area contributed by atoms with Crippen LogP contribution in [0.1, 0.15) is 41.4 Å². The molecule has 0 N–H and O–H groups in total. The van der Waals surface area contributed by atoms with Gasteiger partial charge in [0.15, 0.2) is 6.61 Å². The molecule has 4 rings (SSSR count). The number of ether oxygens (including phenoxy) is 1. The number of nitrogens with zero attached hydrogens (tertiary/aromatic N) is 2. The largest absolute Gasteiger partial charge is 0.478 e. The van der Waals surface area contributed by atoms with Crippen molar-refractivity contribution in [3.05, 3.63) is 76.0 Å². The molecule has 0 fully saturated rings. The average Bonchev–Trinajstić information content (AvgIpc) is 3.20. The van der Waals surface area contributed by atoms with Gasteiger partial charge in [0.2, 0.25) is 0 Å². The number of fused-ring (bicyclic) bond motifs is 2. The number of nitriles is 1. The van der Waals surface area contributed by atoms with E-state index >= 15 is 0 Å². The van der Waals surface area contributed by atoms with Crippen LogP contribution in [0.4, 0.5) is 0 Å². The summed E-state index contributed by atoms with van der Waals surface area (Å²) >= 11 is 3.58. The van der Waals surface area contributed by atoms with Gasteiger partial charge in [0.05, 0.1) is 10.0 Å². The molecule has 168 valence electrons. The van der Waals surface area contributed by atoms with Crippen molar-refractivity contribution in [3.63, 3.8) is 0 Å². The topological polar surface area (TPSA) is 66.5 Å². The first-order valence-electron chi connectivity index (χ1n) is 11.0. The Labute approximate surface area is 201 Å². The van der Waals surface area contributed by atoms with E-state index in [0.29, 0.717) is 17.9 Å². The fourth-order valence-corrected chi connectivity index (χ4v) is 4.63. The lowest BCUT2D eigenvalue weighted by atomic mass is 10.0. The van der Waals surface area contributed by atoms with E-state index < -0.39 is 0 Å². The lowest BCUT2D eigenvalue weighted by Crippen LogP contribution is -2.26. The Balaban J connectivity index is 1.60. The summed E-state index contributed by atoms with van der Waals surface area (Å²) in [6, 6.07) is 19.6. The molecule has 3 aromatic carbocycles. The second-order valence-electron chi connectivity index (χ2n) is 8.04.